The lowest BCUT2D eigenvalue weighted by atomic mass is 10.2. The van der Waals surface area contributed by atoms with Gasteiger partial charge in [-0.25, -0.2) is 8.42 Å². The molecule has 0 spiro atoms. The van der Waals surface area contributed by atoms with Crippen molar-refractivity contribution in [2.24, 2.45) is 5.73 Å². The van der Waals surface area contributed by atoms with Gasteiger partial charge in [0, 0.05) is 18.4 Å². The van der Waals surface area contributed by atoms with Crippen LogP contribution in [0.15, 0.2) is 29.2 Å². The van der Waals surface area contributed by atoms with E-state index in [1.165, 1.54) is 6.26 Å². The lowest BCUT2D eigenvalue weighted by Gasteiger charge is -2.08. The van der Waals surface area contributed by atoms with Gasteiger partial charge in [0.2, 0.25) is 0 Å². The van der Waals surface area contributed by atoms with Gasteiger partial charge >= 0.3 is 0 Å². The summed E-state index contributed by atoms with van der Waals surface area (Å²) in [5.74, 6) is 1.45. The van der Waals surface area contributed by atoms with Crippen molar-refractivity contribution in [1.82, 2.24) is 14.8 Å². The molecule has 0 unspecified atom stereocenters. The first-order chi connectivity index (χ1) is 9.47. The molecule has 2 rings (SSSR count). The summed E-state index contributed by atoms with van der Waals surface area (Å²) >= 11 is 0. The van der Waals surface area contributed by atoms with Crippen molar-refractivity contribution in [2.45, 2.75) is 31.3 Å². The average molecular weight is 294 g/mol. The van der Waals surface area contributed by atoms with Crippen LogP contribution in [0.4, 0.5) is 0 Å². The fraction of sp³-hybridized carbons (Fsp3) is 0.385. The van der Waals surface area contributed by atoms with E-state index in [1.54, 1.807) is 24.3 Å². The minimum atomic E-state index is -3.18. The summed E-state index contributed by atoms with van der Waals surface area (Å²) in [6.07, 6.45) is 2.13. The van der Waals surface area contributed by atoms with Crippen LogP contribution in [-0.2, 0) is 22.9 Å². The molecule has 108 valence electrons. The normalized spacial score (nSPS) is 11.8. The summed E-state index contributed by atoms with van der Waals surface area (Å²) in [4.78, 5) is 0.293. The van der Waals surface area contributed by atoms with E-state index in [0.717, 1.165) is 24.4 Å². The Kier molecular flexibility index (Phi) is 4.20. The van der Waals surface area contributed by atoms with E-state index < -0.39 is 9.84 Å². The van der Waals surface area contributed by atoms with Crippen LogP contribution in [0.5, 0.6) is 0 Å². The van der Waals surface area contributed by atoms with Crippen molar-refractivity contribution in [3.8, 4) is 11.4 Å². The van der Waals surface area contributed by atoms with E-state index in [1.807, 2.05) is 4.57 Å². The molecule has 0 bridgehead atoms. The average Bonchev–Trinajstić information content (AvgIpc) is 2.81. The van der Waals surface area contributed by atoms with Crippen molar-refractivity contribution >= 4 is 9.84 Å². The van der Waals surface area contributed by atoms with E-state index in [4.69, 9.17) is 5.73 Å². The van der Waals surface area contributed by atoms with E-state index in [0.29, 0.717) is 17.3 Å². The van der Waals surface area contributed by atoms with Gasteiger partial charge in [0.05, 0.1) is 11.4 Å². The molecular weight excluding hydrogens is 276 g/mol. The summed E-state index contributed by atoms with van der Waals surface area (Å²) in [7, 11) is -3.18. The van der Waals surface area contributed by atoms with E-state index in [2.05, 4.69) is 17.1 Å². The second kappa shape index (κ2) is 5.72. The van der Waals surface area contributed by atoms with Gasteiger partial charge in [-0.2, -0.15) is 0 Å². The number of nitrogens with zero attached hydrogens (tertiary/aromatic N) is 3. The van der Waals surface area contributed by atoms with Gasteiger partial charge in [0.15, 0.2) is 15.7 Å². The predicted octanol–water partition coefficient (Wildman–Crippen LogP) is 1.22. The number of benzene rings is 1. The number of nitrogens with two attached hydrogens (primary N) is 1. The first kappa shape index (κ1) is 14.7. The Labute approximate surface area is 118 Å². The first-order valence-electron chi connectivity index (χ1n) is 6.40. The van der Waals surface area contributed by atoms with Crippen LogP contribution in [0.25, 0.3) is 11.4 Å². The van der Waals surface area contributed by atoms with Gasteiger partial charge in [-0.05, 0) is 30.7 Å². The molecule has 1 heterocycles. The third-order valence-corrected chi connectivity index (χ3v) is 4.13. The maximum Gasteiger partial charge on any atom is 0.175 e. The minimum absolute atomic E-state index is 0.293. The summed E-state index contributed by atoms with van der Waals surface area (Å²) in [6, 6.07) is 6.65. The molecule has 2 N–H and O–H groups in total. The smallest absolute Gasteiger partial charge is 0.175 e. The van der Waals surface area contributed by atoms with Gasteiger partial charge < -0.3 is 10.3 Å². The molecule has 0 fully saturated rings. The number of rotatable bonds is 5. The molecule has 20 heavy (non-hydrogen) atoms. The predicted molar refractivity (Wildman–Crippen MR) is 76.8 cm³/mol. The lowest BCUT2D eigenvalue weighted by molar-refractivity contribution is 0.602. The van der Waals surface area contributed by atoms with Crippen molar-refractivity contribution in [3.63, 3.8) is 0 Å². The van der Waals surface area contributed by atoms with Crippen LogP contribution in [-0.4, -0.2) is 29.4 Å². The maximum atomic E-state index is 11.5. The number of aromatic nitrogens is 3. The van der Waals surface area contributed by atoms with Crippen LogP contribution in [0.2, 0.25) is 0 Å². The molecule has 1 aromatic heterocycles. The van der Waals surface area contributed by atoms with E-state index >= 15 is 0 Å². The highest BCUT2D eigenvalue weighted by atomic mass is 32.2. The van der Waals surface area contributed by atoms with Gasteiger partial charge in [-0.3, -0.25) is 0 Å². The molecule has 0 saturated heterocycles. The van der Waals surface area contributed by atoms with Crippen molar-refractivity contribution in [1.29, 1.82) is 0 Å². The first-order valence-corrected chi connectivity index (χ1v) is 8.29. The minimum Gasteiger partial charge on any atom is -0.324 e. The van der Waals surface area contributed by atoms with E-state index in [9.17, 15) is 8.42 Å². The molecule has 0 saturated carbocycles. The van der Waals surface area contributed by atoms with Crippen LogP contribution < -0.4 is 5.73 Å². The van der Waals surface area contributed by atoms with Crippen molar-refractivity contribution in [2.75, 3.05) is 6.26 Å². The van der Waals surface area contributed by atoms with Crippen molar-refractivity contribution in [3.05, 3.63) is 30.1 Å². The highest BCUT2D eigenvalue weighted by molar-refractivity contribution is 7.90. The fourth-order valence-corrected chi connectivity index (χ4v) is 2.64. The molecule has 2 aromatic rings. The Bertz CT molecular complexity index is 690. The summed E-state index contributed by atoms with van der Waals surface area (Å²) < 4.78 is 24.9. The SMILES string of the molecule is CCCn1c(CN)nnc1-c1ccc(S(C)(=O)=O)cc1. The zero-order chi connectivity index (χ0) is 14.8. The zero-order valence-electron chi connectivity index (χ0n) is 11.6. The van der Waals surface area contributed by atoms with Gasteiger partial charge in [-0.1, -0.05) is 6.92 Å². The van der Waals surface area contributed by atoms with Crippen LogP contribution in [0.3, 0.4) is 0 Å². The number of hydrogen-bond acceptors (Lipinski definition) is 5. The third kappa shape index (κ3) is 2.88. The quantitative estimate of drug-likeness (QED) is 0.895. The number of hydrogen-bond donors (Lipinski definition) is 1. The molecule has 1 aromatic carbocycles. The van der Waals surface area contributed by atoms with Gasteiger partial charge in [0.1, 0.15) is 5.82 Å². The second-order valence-corrected chi connectivity index (χ2v) is 6.61. The molecule has 0 aliphatic carbocycles. The monoisotopic (exact) mass is 294 g/mol. The topological polar surface area (TPSA) is 90.9 Å². The molecule has 0 radical (unpaired) electrons. The van der Waals surface area contributed by atoms with Crippen LogP contribution in [0, 0.1) is 0 Å². The Hall–Kier alpha value is -1.73. The Morgan fingerprint density at radius 1 is 1.20 bits per heavy atom. The molecule has 7 heteroatoms. The van der Waals surface area contributed by atoms with E-state index in [-0.39, 0.29) is 0 Å². The zero-order valence-corrected chi connectivity index (χ0v) is 12.4. The van der Waals surface area contributed by atoms with Crippen LogP contribution >= 0.6 is 0 Å². The summed E-state index contributed by atoms with van der Waals surface area (Å²) in [6.45, 7) is 3.17. The highest BCUT2D eigenvalue weighted by Crippen LogP contribution is 2.21. The Morgan fingerprint density at radius 2 is 1.85 bits per heavy atom. The fourth-order valence-electron chi connectivity index (χ4n) is 2.01. The molecule has 0 amide bonds. The molecule has 6 nitrogen and oxygen atoms in total. The van der Waals surface area contributed by atoms with Gasteiger partial charge in [-0.15, -0.1) is 10.2 Å². The summed E-state index contributed by atoms with van der Waals surface area (Å²) in [5.41, 5.74) is 6.48. The van der Waals surface area contributed by atoms with Crippen LogP contribution in [0.1, 0.15) is 19.2 Å². The molecule has 0 aliphatic rings. The number of sulfone groups is 1. The van der Waals surface area contributed by atoms with Gasteiger partial charge in [0.25, 0.3) is 0 Å². The largest absolute Gasteiger partial charge is 0.324 e. The van der Waals surface area contributed by atoms with Crippen molar-refractivity contribution < 1.29 is 8.42 Å². The summed E-state index contributed by atoms with van der Waals surface area (Å²) in [5, 5.41) is 8.22. The molecular formula is C13H18N4O2S. The standard InChI is InChI=1S/C13H18N4O2S/c1-3-8-17-12(9-14)15-16-13(17)10-4-6-11(7-5-10)20(2,18)19/h4-7H,3,8-9,14H2,1-2H3. The molecule has 0 atom stereocenters. The second-order valence-electron chi connectivity index (χ2n) is 4.59. The lowest BCUT2D eigenvalue weighted by Crippen LogP contribution is -2.09. The maximum absolute atomic E-state index is 11.5. The highest BCUT2D eigenvalue weighted by Gasteiger charge is 2.13. The molecule has 0 aliphatic heterocycles. The Morgan fingerprint density at radius 3 is 2.35 bits per heavy atom. The Balaban J connectivity index is 2.44. The third-order valence-electron chi connectivity index (χ3n) is 3.00.